The molecule has 0 aromatic carbocycles. The van der Waals surface area contributed by atoms with Gasteiger partial charge in [-0.1, -0.05) is 26.8 Å². The fourth-order valence-corrected chi connectivity index (χ4v) is 2.11. The van der Waals surface area contributed by atoms with Gasteiger partial charge in [0.25, 0.3) is 5.91 Å². The third kappa shape index (κ3) is 3.79. The summed E-state index contributed by atoms with van der Waals surface area (Å²) in [6.07, 6.45) is 0. The van der Waals surface area contributed by atoms with E-state index in [0.29, 0.717) is 12.2 Å². The number of aromatic nitrogens is 3. The number of carbonyl (C=O) groups excluding carboxylic acids is 2. The highest BCUT2D eigenvalue weighted by atomic mass is 16.5. The zero-order valence-electron chi connectivity index (χ0n) is 14.6. The largest absolute Gasteiger partial charge is 0.464 e. The Morgan fingerprint density at radius 3 is 2.58 bits per heavy atom. The molecule has 0 aliphatic heterocycles. The van der Waals surface area contributed by atoms with Gasteiger partial charge < -0.3 is 10.1 Å². The minimum atomic E-state index is -0.556. The van der Waals surface area contributed by atoms with Crippen LogP contribution in [0.1, 0.15) is 54.4 Å². The van der Waals surface area contributed by atoms with Gasteiger partial charge in [0.05, 0.1) is 12.8 Å². The van der Waals surface area contributed by atoms with Crippen LogP contribution in [0.2, 0.25) is 0 Å². The standard InChI is InChI=1S/C17H22N4O3/c1-6-21-12(10-13(20-21)17(2,3)4)15(22)19-14-9-7-8-11(18-14)16(23)24-5/h7-10H,6H2,1-5H3,(H,18,19,22). The summed E-state index contributed by atoms with van der Waals surface area (Å²) in [4.78, 5) is 28.2. The lowest BCUT2D eigenvalue weighted by atomic mass is 9.92. The van der Waals surface area contributed by atoms with Gasteiger partial charge in [0.15, 0.2) is 5.69 Å². The lowest BCUT2D eigenvalue weighted by molar-refractivity contribution is 0.0594. The zero-order chi connectivity index (χ0) is 17.9. The molecule has 0 fully saturated rings. The number of hydrogen-bond acceptors (Lipinski definition) is 5. The van der Waals surface area contributed by atoms with Gasteiger partial charge in [0.1, 0.15) is 11.5 Å². The molecule has 1 N–H and O–H groups in total. The number of nitrogens with zero attached hydrogens (tertiary/aromatic N) is 3. The number of esters is 1. The molecule has 7 heteroatoms. The van der Waals surface area contributed by atoms with Crippen molar-refractivity contribution in [2.45, 2.75) is 39.7 Å². The van der Waals surface area contributed by atoms with E-state index in [4.69, 9.17) is 0 Å². The number of methoxy groups -OCH3 is 1. The molecule has 7 nitrogen and oxygen atoms in total. The molecule has 0 radical (unpaired) electrons. The van der Waals surface area contributed by atoms with Gasteiger partial charge in [-0.15, -0.1) is 0 Å². The van der Waals surface area contributed by atoms with Crippen molar-refractivity contribution in [1.82, 2.24) is 14.8 Å². The highest BCUT2D eigenvalue weighted by Crippen LogP contribution is 2.22. The molecular weight excluding hydrogens is 308 g/mol. The van der Waals surface area contributed by atoms with E-state index < -0.39 is 5.97 Å². The molecule has 2 heterocycles. The Labute approximate surface area is 141 Å². The lowest BCUT2D eigenvalue weighted by Gasteiger charge is -2.13. The lowest BCUT2D eigenvalue weighted by Crippen LogP contribution is -2.18. The summed E-state index contributed by atoms with van der Waals surface area (Å²) >= 11 is 0. The number of pyridine rings is 1. The SMILES string of the molecule is CCn1nc(C(C)(C)C)cc1C(=O)Nc1cccc(C(=O)OC)n1. The fraction of sp³-hybridized carbons (Fsp3) is 0.412. The molecule has 0 aliphatic rings. The van der Waals surface area contributed by atoms with Crippen molar-refractivity contribution in [3.63, 3.8) is 0 Å². The third-order valence-electron chi connectivity index (χ3n) is 3.47. The number of ether oxygens (including phenoxy) is 1. The quantitative estimate of drug-likeness (QED) is 0.871. The average molecular weight is 330 g/mol. The molecule has 0 saturated heterocycles. The van der Waals surface area contributed by atoms with E-state index in [0.717, 1.165) is 5.69 Å². The second kappa shape index (κ2) is 6.82. The maximum atomic E-state index is 12.6. The molecule has 0 atom stereocenters. The van der Waals surface area contributed by atoms with Crippen LogP contribution in [0.25, 0.3) is 0 Å². The monoisotopic (exact) mass is 330 g/mol. The van der Waals surface area contributed by atoms with Crippen LogP contribution in [-0.2, 0) is 16.7 Å². The van der Waals surface area contributed by atoms with Gasteiger partial charge in [-0.3, -0.25) is 9.48 Å². The Morgan fingerprint density at radius 2 is 2.00 bits per heavy atom. The van der Waals surface area contributed by atoms with Crippen molar-refractivity contribution < 1.29 is 14.3 Å². The Hall–Kier alpha value is -2.70. The van der Waals surface area contributed by atoms with Gasteiger partial charge in [-0.05, 0) is 25.1 Å². The molecule has 24 heavy (non-hydrogen) atoms. The summed E-state index contributed by atoms with van der Waals surface area (Å²) in [6, 6.07) is 6.55. The second-order valence-electron chi connectivity index (χ2n) is 6.33. The van der Waals surface area contributed by atoms with Crippen LogP contribution >= 0.6 is 0 Å². The molecule has 0 bridgehead atoms. The summed E-state index contributed by atoms with van der Waals surface area (Å²) in [5, 5.41) is 7.18. The Morgan fingerprint density at radius 1 is 1.29 bits per heavy atom. The maximum Gasteiger partial charge on any atom is 0.356 e. The average Bonchev–Trinajstić information content (AvgIpc) is 2.99. The van der Waals surface area contributed by atoms with E-state index in [-0.39, 0.29) is 22.8 Å². The van der Waals surface area contributed by atoms with Crippen LogP contribution in [0, 0.1) is 0 Å². The van der Waals surface area contributed by atoms with Gasteiger partial charge in [0, 0.05) is 12.0 Å². The van der Waals surface area contributed by atoms with E-state index in [1.165, 1.54) is 13.2 Å². The first-order chi connectivity index (χ1) is 11.3. The van der Waals surface area contributed by atoms with Crippen molar-refractivity contribution in [2.24, 2.45) is 0 Å². The number of amides is 1. The van der Waals surface area contributed by atoms with E-state index >= 15 is 0 Å². The van der Waals surface area contributed by atoms with E-state index in [2.05, 4.69) is 20.1 Å². The first-order valence-electron chi connectivity index (χ1n) is 7.71. The number of anilines is 1. The van der Waals surface area contributed by atoms with E-state index in [9.17, 15) is 9.59 Å². The number of nitrogens with one attached hydrogen (secondary N) is 1. The normalized spacial score (nSPS) is 11.2. The highest BCUT2D eigenvalue weighted by molar-refractivity contribution is 6.03. The van der Waals surface area contributed by atoms with Gasteiger partial charge in [0.2, 0.25) is 0 Å². The van der Waals surface area contributed by atoms with Crippen LogP contribution in [0.15, 0.2) is 24.3 Å². The van der Waals surface area contributed by atoms with E-state index in [1.807, 2.05) is 27.7 Å². The summed E-state index contributed by atoms with van der Waals surface area (Å²) in [5.74, 6) is -0.599. The Balaban J connectivity index is 2.27. The smallest absolute Gasteiger partial charge is 0.356 e. The van der Waals surface area contributed by atoms with Crippen molar-refractivity contribution in [3.8, 4) is 0 Å². The first-order valence-corrected chi connectivity index (χ1v) is 7.71. The van der Waals surface area contributed by atoms with Crippen LogP contribution in [-0.4, -0.2) is 33.8 Å². The van der Waals surface area contributed by atoms with Crippen molar-refractivity contribution in [1.29, 1.82) is 0 Å². The first kappa shape index (κ1) is 17.7. The van der Waals surface area contributed by atoms with Crippen LogP contribution in [0.3, 0.4) is 0 Å². The maximum absolute atomic E-state index is 12.6. The number of rotatable bonds is 4. The summed E-state index contributed by atoms with van der Waals surface area (Å²) in [5.41, 5.74) is 1.27. The predicted molar refractivity (Wildman–Crippen MR) is 90.1 cm³/mol. The molecule has 1 amide bonds. The topological polar surface area (TPSA) is 86.1 Å². The highest BCUT2D eigenvalue weighted by Gasteiger charge is 2.22. The zero-order valence-corrected chi connectivity index (χ0v) is 14.6. The number of carbonyl (C=O) groups is 2. The van der Waals surface area contributed by atoms with Gasteiger partial charge >= 0.3 is 5.97 Å². The fourth-order valence-electron chi connectivity index (χ4n) is 2.11. The van der Waals surface area contributed by atoms with Crippen LogP contribution in [0.4, 0.5) is 5.82 Å². The molecule has 2 aromatic heterocycles. The van der Waals surface area contributed by atoms with Crippen molar-refractivity contribution in [3.05, 3.63) is 41.3 Å². The molecule has 0 saturated carbocycles. The third-order valence-corrected chi connectivity index (χ3v) is 3.47. The molecule has 128 valence electrons. The second-order valence-corrected chi connectivity index (χ2v) is 6.33. The molecule has 0 unspecified atom stereocenters. The Kier molecular flexibility index (Phi) is 5.02. The number of aryl methyl sites for hydroxylation is 1. The van der Waals surface area contributed by atoms with Crippen molar-refractivity contribution >= 4 is 17.7 Å². The van der Waals surface area contributed by atoms with Gasteiger partial charge in [-0.2, -0.15) is 5.10 Å². The minimum Gasteiger partial charge on any atom is -0.464 e. The predicted octanol–water partition coefficient (Wildman–Crippen LogP) is 2.63. The summed E-state index contributed by atoms with van der Waals surface area (Å²) in [7, 11) is 1.28. The van der Waals surface area contributed by atoms with Crippen molar-refractivity contribution in [2.75, 3.05) is 12.4 Å². The van der Waals surface area contributed by atoms with Gasteiger partial charge in [-0.25, -0.2) is 9.78 Å². The Bertz CT molecular complexity index is 759. The van der Waals surface area contributed by atoms with Crippen LogP contribution < -0.4 is 5.32 Å². The molecule has 2 rings (SSSR count). The molecule has 0 spiro atoms. The van der Waals surface area contributed by atoms with E-state index in [1.54, 1.807) is 22.9 Å². The van der Waals surface area contributed by atoms with Crippen LogP contribution in [0.5, 0.6) is 0 Å². The summed E-state index contributed by atoms with van der Waals surface area (Å²) < 4.78 is 6.28. The minimum absolute atomic E-state index is 0.134. The molecular formula is C17H22N4O3. The molecule has 0 aliphatic carbocycles. The summed E-state index contributed by atoms with van der Waals surface area (Å²) in [6.45, 7) is 8.62. The molecule has 2 aromatic rings. The number of hydrogen-bond donors (Lipinski definition) is 1.